The number of carbonyl (C=O) groups excluding carboxylic acids is 1. The van der Waals surface area contributed by atoms with Gasteiger partial charge >= 0.3 is 6.16 Å². The van der Waals surface area contributed by atoms with Crippen molar-refractivity contribution in [1.82, 2.24) is 0 Å². The number of hydrogen-bond donors (Lipinski definition) is 1. The van der Waals surface area contributed by atoms with Crippen LogP contribution < -0.4 is 9.64 Å². The molecule has 0 aliphatic heterocycles. The van der Waals surface area contributed by atoms with Crippen LogP contribution in [-0.2, 0) is 11.3 Å². The van der Waals surface area contributed by atoms with Crippen molar-refractivity contribution < 1.29 is 24.4 Å². The minimum absolute atomic E-state index is 0.0504. The molecule has 2 aromatic carbocycles. The van der Waals surface area contributed by atoms with E-state index in [1.807, 2.05) is 44.2 Å². The van der Waals surface area contributed by atoms with Gasteiger partial charge in [-0.15, -0.1) is 0 Å². The van der Waals surface area contributed by atoms with Gasteiger partial charge in [-0.05, 0) is 23.1 Å². The summed E-state index contributed by atoms with van der Waals surface area (Å²) in [4.78, 5) is 37.1. The Morgan fingerprint density at radius 2 is 1.78 bits per heavy atom. The van der Waals surface area contributed by atoms with E-state index in [9.17, 15) is 24.8 Å². The molecule has 1 aromatic heterocycles. The number of rotatable bonds is 8. The molecule has 32 heavy (non-hydrogen) atoms. The predicted octanol–water partition coefficient (Wildman–Crippen LogP) is 5.96. The molecule has 0 atom stereocenters. The Bertz CT molecular complexity index is 1110. The minimum atomic E-state index is -1.47. The first-order valence-corrected chi connectivity index (χ1v) is 10.7. The smallest absolute Gasteiger partial charge is 0.449 e. The molecule has 0 spiro atoms. The third-order valence-corrected chi connectivity index (χ3v) is 5.63. The van der Waals surface area contributed by atoms with Gasteiger partial charge in [0.2, 0.25) is 11.0 Å². The van der Waals surface area contributed by atoms with Crippen molar-refractivity contribution in [2.24, 2.45) is 5.92 Å². The van der Waals surface area contributed by atoms with Gasteiger partial charge in [-0.2, -0.15) is 0 Å². The Morgan fingerprint density at radius 3 is 2.34 bits per heavy atom. The molecule has 0 aliphatic carbocycles. The number of amides is 1. The Kier molecular flexibility index (Phi) is 7.21. The summed E-state index contributed by atoms with van der Waals surface area (Å²) < 4.78 is 5.02. The normalized spacial score (nSPS) is 10.7. The van der Waals surface area contributed by atoms with E-state index in [1.165, 1.54) is 17.0 Å². The van der Waals surface area contributed by atoms with Gasteiger partial charge in [0.15, 0.2) is 0 Å². The number of anilines is 1. The van der Waals surface area contributed by atoms with E-state index < -0.39 is 11.1 Å². The van der Waals surface area contributed by atoms with Crippen LogP contribution in [0.1, 0.15) is 25.8 Å². The molecular weight excluding hydrogens is 432 g/mol. The number of nitro benzene ring substituents is 1. The summed E-state index contributed by atoms with van der Waals surface area (Å²) in [6, 6.07) is 17.0. The number of nitro groups is 1. The molecule has 166 valence electrons. The van der Waals surface area contributed by atoms with Crippen molar-refractivity contribution in [2.75, 3.05) is 4.90 Å². The number of nitrogens with zero attached hydrogens (tertiary/aromatic N) is 2. The fraction of sp³-hybridized carbons (Fsp3) is 0.217. The van der Waals surface area contributed by atoms with Crippen LogP contribution in [0.2, 0.25) is 0 Å². The van der Waals surface area contributed by atoms with E-state index in [4.69, 9.17) is 4.74 Å². The summed E-state index contributed by atoms with van der Waals surface area (Å²) in [5.74, 6) is -0.121. The number of carboxylic acid groups (broad SMARTS) is 1. The van der Waals surface area contributed by atoms with Crippen molar-refractivity contribution in [3.05, 3.63) is 76.3 Å². The zero-order chi connectivity index (χ0) is 23.3. The maximum atomic E-state index is 13.1. The van der Waals surface area contributed by atoms with Crippen LogP contribution in [0.4, 0.5) is 16.2 Å². The van der Waals surface area contributed by atoms with Crippen molar-refractivity contribution in [3.8, 4) is 15.5 Å². The third-order valence-electron chi connectivity index (χ3n) is 4.58. The topological polar surface area (TPSA) is 110 Å². The summed E-state index contributed by atoms with van der Waals surface area (Å²) >= 11 is 1.14. The molecule has 3 aromatic rings. The van der Waals surface area contributed by atoms with E-state index in [2.05, 4.69) is 0 Å². The van der Waals surface area contributed by atoms with Gasteiger partial charge in [-0.1, -0.05) is 67.6 Å². The number of benzene rings is 2. The van der Waals surface area contributed by atoms with Gasteiger partial charge in [0.1, 0.15) is 0 Å². The van der Waals surface area contributed by atoms with Gasteiger partial charge in [0.25, 0.3) is 5.69 Å². The van der Waals surface area contributed by atoms with E-state index in [1.54, 1.807) is 18.2 Å². The van der Waals surface area contributed by atoms with Crippen LogP contribution in [0.15, 0.2) is 60.7 Å². The molecule has 0 saturated heterocycles. The second-order valence-corrected chi connectivity index (χ2v) is 8.53. The van der Waals surface area contributed by atoms with E-state index in [-0.39, 0.29) is 35.5 Å². The summed E-state index contributed by atoms with van der Waals surface area (Å²) in [5, 5.41) is 20.3. The Morgan fingerprint density at radius 1 is 1.12 bits per heavy atom. The van der Waals surface area contributed by atoms with E-state index >= 15 is 0 Å². The lowest BCUT2D eigenvalue weighted by Gasteiger charge is -2.23. The van der Waals surface area contributed by atoms with Crippen molar-refractivity contribution >= 4 is 34.8 Å². The van der Waals surface area contributed by atoms with Crippen LogP contribution in [0.5, 0.6) is 5.06 Å². The molecule has 3 rings (SSSR count). The van der Waals surface area contributed by atoms with Crippen molar-refractivity contribution in [1.29, 1.82) is 0 Å². The van der Waals surface area contributed by atoms with Gasteiger partial charge < -0.3 is 14.7 Å². The molecule has 0 fully saturated rings. The molecule has 9 heteroatoms. The minimum Gasteiger partial charge on any atom is -0.449 e. The second-order valence-electron chi connectivity index (χ2n) is 7.52. The zero-order valence-corrected chi connectivity index (χ0v) is 18.4. The van der Waals surface area contributed by atoms with Crippen LogP contribution >= 0.6 is 11.3 Å². The highest BCUT2D eigenvalue weighted by molar-refractivity contribution is 7.18. The van der Waals surface area contributed by atoms with Crippen LogP contribution in [-0.4, -0.2) is 22.1 Å². The molecule has 1 heterocycles. The largest absolute Gasteiger partial charge is 0.512 e. The summed E-state index contributed by atoms with van der Waals surface area (Å²) in [5.41, 5.74) is 1.83. The highest BCUT2D eigenvalue weighted by Crippen LogP contribution is 2.43. The lowest BCUT2D eigenvalue weighted by molar-refractivity contribution is -0.384. The third kappa shape index (κ3) is 5.70. The fourth-order valence-electron chi connectivity index (χ4n) is 3.12. The molecule has 0 bridgehead atoms. The molecule has 0 aliphatic rings. The maximum Gasteiger partial charge on any atom is 0.512 e. The number of ether oxygens (including phenoxy) is 1. The SMILES string of the molecule is CC(C)CC(=O)N(Cc1ccc([N+](=O)[O-])cc1)c1cc(-c2ccccc2)sc1OC(=O)O. The highest BCUT2D eigenvalue weighted by Gasteiger charge is 2.25. The Labute approximate surface area is 188 Å². The lowest BCUT2D eigenvalue weighted by atomic mass is 10.1. The van der Waals surface area contributed by atoms with Crippen LogP contribution in [0.3, 0.4) is 0 Å². The lowest BCUT2D eigenvalue weighted by Crippen LogP contribution is -2.31. The monoisotopic (exact) mass is 454 g/mol. The molecule has 1 N–H and O–H groups in total. The van der Waals surface area contributed by atoms with Crippen molar-refractivity contribution in [2.45, 2.75) is 26.8 Å². The van der Waals surface area contributed by atoms with Gasteiger partial charge in [0.05, 0.1) is 17.2 Å². The zero-order valence-electron chi connectivity index (χ0n) is 17.6. The van der Waals surface area contributed by atoms with Crippen molar-refractivity contribution in [3.63, 3.8) is 0 Å². The Balaban J connectivity index is 2.04. The quantitative estimate of drug-likeness (QED) is 0.255. The van der Waals surface area contributed by atoms with Gasteiger partial charge in [0, 0.05) is 23.4 Å². The van der Waals surface area contributed by atoms with Crippen LogP contribution in [0, 0.1) is 16.0 Å². The number of thiophene rings is 1. The number of hydrogen-bond acceptors (Lipinski definition) is 6. The molecule has 8 nitrogen and oxygen atoms in total. The predicted molar refractivity (Wildman–Crippen MR) is 122 cm³/mol. The molecule has 0 saturated carbocycles. The van der Waals surface area contributed by atoms with E-state index in [0.29, 0.717) is 11.3 Å². The fourth-order valence-corrected chi connectivity index (χ4v) is 4.13. The first-order valence-electron chi connectivity index (χ1n) is 9.88. The van der Waals surface area contributed by atoms with Gasteiger partial charge in [-0.25, -0.2) is 4.79 Å². The summed E-state index contributed by atoms with van der Waals surface area (Å²) in [6.07, 6.45) is -1.23. The Hall–Kier alpha value is -3.72. The van der Waals surface area contributed by atoms with Crippen LogP contribution in [0.25, 0.3) is 10.4 Å². The average molecular weight is 455 g/mol. The molecular formula is C23H22N2O6S. The number of non-ortho nitro benzene ring substituents is 1. The molecule has 0 radical (unpaired) electrons. The van der Waals surface area contributed by atoms with Gasteiger partial charge in [-0.3, -0.25) is 14.9 Å². The average Bonchev–Trinajstić information content (AvgIpc) is 3.15. The molecule has 0 unspecified atom stereocenters. The van der Waals surface area contributed by atoms with E-state index in [0.717, 1.165) is 21.8 Å². The highest BCUT2D eigenvalue weighted by atomic mass is 32.1. The molecule has 1 amide bonds. The summed E-state index contributed by atoms with van der Waals surface area (Å²) in [6.45, 7) is 3.95. The first-order chi connectivity index (χ1) is 15.2. The number of carbonyl (C=O) groups is 2. The standard InChI is InChI=1S/C23H22N2O6S/c1-15(2)12-21(26)24(14-16-8-10-18(11-9-16)25(29)30)19-13-20(17-6-4-3-5-7-17)32-22(19)31-23(27)28/h3-11,13,15H,12,14H2,1-2H3,(H,27,28). The second kappa shape index (κ2) is 10.1. The summed E-state index contributed by atoms with van der Waals surface area (Å²) in [7, 11) is 0. The first kappa shape index (κ1) is 23.0. The maximum absolute atomic E-state index is 13.1.